The molecule has 0 amide bonds. The second-order valence-corrected chi connectivity index (χ2v) is 3.23. The molecule has 0 saturated carbocycles. The first kappa shape index (κ1) is 11.9. The van der Waals surface area contributed by atoms with Crippen LogP contribution in [-0.2, 0) is 4.74 Å². The van der Waals surface area contributed by atoms with Crippen LogP contribution in [0.4, 0.5) is 4.39 Å². The molecule has 0 spiro atoms. The van der Waals surface area contributed by atoms with Crippen LogP contribution in [0.1, 0.15) is 25.5 Å². The highest BCUT2D eigenvalue weighted by Crippen LogP contribution is 2.20. The Balaban J connectivity index is 2.66. The molecule has 1 rings (SSSR count). The molecule has 0 aliphatic carbocycles. The summed E-state index contributed by atoms with van der Waals surface area (Å²) in [6.07, 6.45) is 0. The molecule has 1 atom stereocenters. The van der Waals surface area contributed by atoms with E-state index in [1.165, 1.54) is 6.07 Å². The van der Waals surface area contributed by atoms with Crippen LogP contribution in [0.25, 0.3) is 0 Å². The Morgan fingerprint density at radius 2 is 2.20 bits per heavy atom. The summed E-state index contributed by atoms with van der Waals surface area (Å²) in [5.74, 6) is -0.225. The van der Waals surface area contributed by atoms with Gasteiger partial charge in [-0.15, -0.1) is 0 Å². The van der Waals surface area contributed by atoms with Crippen molar-refractivity contribution in [3.8, 4) is 5.75 Å². The SMILES string of the molecule is CCOCOc1ccc([C@H](C)N)cc1F. The van der Waals surface area contributed by atoms with Gasteiger partial charge < -0.3 is 15.2 Å². The maximum absolute atomic E-state index is 13.4. The molecule has 0 aliphatic heterocycles. The fourth-order valence-corrected chi connectivity index (χ4v) is 1.11. The molecule has 0 aliphatic rings. The number of halogens is 1. The van der Waals surface area contributed by atoms with Crippen LogP contribution in [0.15, 0.2) is 18.2 Å². The Kier molecular flexibility index (Phi) is 4.52. The second-order valence-electron chi connectivity index (χ2n) is 3.23. The van der Waals surface area contributed by atoms with E-state index in [2.05, 4.69) is 0 Å². The van der Waals surface area contributed by atoms with Crippen molar-refractivity contribution in [3.63, 3.8) is 0 Å². The van der Waals surface area contributed by atoms with Crippen LogP contribution in [0, 0.1) is 5.82 Å². The molecule has 3 nitrogen and oxygen atoms in total. The zero-order valence-electron chi connectivity index (χ0n) is 9.00. The third-order valence-electron chi connectivity index (χ3n) is 1.98. The summed E-state index contributed by atoms with van der Waals surface area (Å²) < 4.78 is 23.4. The molecule has 0 heterocycles. The number of nitrogens with two attached hydrogens (primary N) is 1. The van der Waals surface area contributed by atoms with Gasteiger partial charge in [0.1, 0.15) is 0 Å². The van der Waals surface area contributed by atoms with Crippen molar-refractivity contribution in [3.05, 3.63) is 29.6 Å². The van der Waals surface area contributed by atoms with Gasteiger partial charge in [-0.3, -0.25) is 0 Å². The molecule has 0 radical (unpaired) electrons. The molecule has 0 aromatic heterocycles. The molecule has 0 unspecified atom stereocenters. The Labute approximate surface area is 89.0 Å². The third kappa shape index (κ3) is 3.49. The molecular formula is C11H16FNO2. The molecule has 0 saturated heterocycles. The first-order chi connectivity index (χ1) is 7.15. The molecule has 84 valence electrons. The van der Waals surface area contributed by atoms with Gasteiger partial charge in [0.25, 0.3) is 0 Å². The molecule has 15 heavy (non-hydrogen) atoms. The maximum atomic E-state index is 13.4. The van der Waals surface area contributed by atoms with Gasteiger partial charge in [-0.1, -0.05) is 6.07 Å². The van der Waals surface area contributed by atoms with Crippen LogP contribution in [0.5, 0.6) is 5.75 Å². The predicted octanol–water partition coefficient (Wildman–Crippen LogP) is 2.22. The summed E-state index contributed by atoms with van der Waals surface area (Å²) >= 11 is 0. The summed E-state index contributed by atoms with van der Waals surface area (Å²) in [7, 11) is 0. The fraction of sp³-hybridized carbons (Fsp3) is 0.455. The average Bonchev–Trinajstić information content (AvgIpc) is 2.20. The second kappa shape index (κ2) is 5.68. The predicted molar refractivity (Wildman–Crippen MR) is 56.1 cm³/mol. The van der Waals surface area contributed by atoms with E-state index in [0.717, 1.165) is 5.56 Å². The summed E-state index contributed by atoms with van der Waals surface area (Å²) in [6, 6.07) is 4.51. The van der Waals surface area contributed by atoms with Crippen molar-refractivity contribution in [2.75, 3.05) is 13.4 Å². The quantitative estimate of drug-likeness (QED) is 0.602. The van der Waals surface area contributed by atoms with Crippen molar-refractivity contribution in [1.82, 2.24) is 0 Å². The maximum Gasteiger partial charge on any atom is 0.189 e. The lowest BCUT2D eigenvalue weighted by atomic mass is 10.1. The zero-order valence-corrected chi connectivity index (χ0v) is 9.00. The van der Waals surface area contributed by atoms with Gasteiger partial charge >= 0.3 is 0 Å². The molecular weight excluding hydrogens is 197 g/mol. The van der Waals surface area contributed by atoms with Gasteiger partial charge in [0.05, 0.1) is 0 Å². The van der Waals surface area contributed by atoms with Crippen molar-refractivity contribution in [1.29, 1.82) is 0 Å². The highest BCUT2D eigenvalue weighted by Gasteiger charge is 2.06. The normalized spacial score (nSPS) is 12.5. The van der Waals surface area contributed by atoms with Gasteiger partial charge in [0.15, 0.2) is 18.4 Å². The van der Waals surface area contributed by atoms with E-state index in [9.17, 15) is 4.39 Å². The minimum absolute atomic E-state index is 0.0605. The molecule has 2 N–H and O–H groups in total. The standard InChI is InChI=1S/C11H16FNO2/c1-3-14-7-15-11-5-4-9(8(2)13)6-10(11)12/h4-6,8H,3,7,13H2,1-2H3/t8-/m0/s1. The van der Waals surface area contributed by atoms with Crippen molar-refractivity contribution in [2.45, 2.75) is 19.9 Å². The Morgan fingerprint density at radius 1 is 1.47 bits per heavy atom. The number of rotatable bonds is 5. The van der Waals surface area contributed by atoms with Crippen LogP contribution in [-0.4, -0.2) is 13.4 Å². The van der Waals surface area contributed by atoms with Gasteiger partial charge in [-0.25, -0.2) is 4.39 Å². The minimum atomic E-state index is -0.412. The molecule has 0 fully saturated rings. The summed E-state index contributed by atoms with van der Waals surface area (Å²) in [6.45, 7) is 4.25. The van der Waals surface area contributed by atoms with Gasteiger partial charge in [-0.05, 0) is 31.5 Å². The summed E-state index contributed by atoms with van der Waals surface area (Å²) in [5, 5.41) is 0. The van der Waals surface area contributed by atoms with Gasteiger partial charge in [0.2, 0.25) is 0 Å². The average molecular weight is 213 g/mol. The van der Waals surface area contributed by atoms with E-state index < -0.39 is 5.82 Å². The first-order valence-corrected chi connectivity index (χ1v) is 4.90. The number of benzene rings is 1. The monoisotopic (exact) mass is 213 g/mol. The number of hydrogen-bond acceptors (Lipinski definition) is 3. The lowest BCUT2D eigenvalue weighted by Gasteiger charge is -2.10. The molecule has 1 aromatic rings. The van der Waals surface area contributed by atoms with Crippen LogP contribution in [0.3, 0.4) is 0 Å². The minimum Gasteiger partial charge on any atom is -0.464 e. The highest BCUT2D eigenvalue weighted by atomic mass is 19.1. The first-order valence-electron chi connectivity index (χ1n) is 4.90. The Hall–Kier alpha value is -1.13. The number of hydrogen-bond donors (Lipinski definition) is 1. The molecule has 0 bridgehead atoms. The van der Waals surface area contributed by atoms with Crippen LogP contribution < -0.4 is 10.5 Å². The van der Waals surface area contributed by atoms with E-state index in [4.69, 9.17) is 15.2 Å². The summed E-state index contributed by atoms with van der Waals surface area (Å²) in [5.41, 5.74) is 6.37. The fourth-order valence-electron chi connectivity index (χ4n) is 1.11. The smallest absolute Gasteiger partial charge is 0.189 e. The third-order valence-corrected chi connectivity index (χ3v) is 1.98. The molecule has 4 heteroatoms. The van der Waals surface area contributed by atoms with Crippen molar-refractivity contribution in [2.24, 2.45) is 5.73 Å². The van der Waals surface area contributed by atoms with Crippen molar-refractivity contribution < 1.29 is 13.9 Å². The lowest BCUT2D eigenvalue weighted by Crippen LogP contribution is -2.07. The van der Waals surface area contributed by atoms with E-state index in [-0.39, 0.29) is 18.6 Å². The molecule has 1 aromatic carbocycles. The van der Waals surface area contributed by atoms with E-state index in [0.29, 0.717) is 6.61 Å². The zero-order chi connectivity index (χ0) is 11.3. The summed E-state index contributed by atoms with van der Waals surface area (Å²) in [4.78, 5) is 0. The Morgan fingerprint density at radius 3 is 2.73 bits per heavy atom. The van der Waals surface area contributed by atoms with Crippen LogP contribution in [0.2, 0.25) is 0 Å². The number of ether oxygens (including phenoxy) is 2. The van der Waals surface area contributed by atoms with Gasteiger partial charge in [0, 0.05) is 12.6 Å². The highest BCUT2D eigenvalue weighted by molar-refractivity contribution is 5.30. The lowest BCUT2D eigenvalue weighted by molar-refractivity contribution is 0.0201. The van der Waals surface area contributed by atoms with Crippen molar-refractivity contribution >= 4 is 0 Å². The van der Waals surface area contributed by atoms with E-state index in [1.807, 2.05) is 6.92 Å². The Bertz CT molecular complexity index is 315. The largest absolute Gasteiger partial charge is 0.464 e. The van der Waals surface area contributed by atoms with E-state index in [1.54, 1.807) is 19.1 Å². The van der Waals surface area contributed by atoms with Crippen LogP contribution >= 0.6 is 0 Å². The van der Waals surface area contributed by atoms with E-state index >= 15 is 0 Å². The van der Waals surface area contributed by atoms with Gasteiger partial charge in [-0.2, -0.15) is 0 Å². The topological polar surface area (TPSA) is 44.5 Å².